The van der Waals surface area contributed by atoms with Crippen LogP contribution in [0.4, 0.5) is 5.69 Å². The lowest BCUT2D eigenvalue weighted by atomic mass is 10.1. The fraction of sp³-hybridized carbons (Fsp3) is 0.0667. The summed E-state index contributed by atoms with van der Waals surface area (Å²) in [6.45, 7) is 2.05. The van der Waals surface area contributed by atoms with E-state index < -0.39 is 0 Å². The molecule has 0 fully saturated rings. The van der Waals surface area contributed by atoms with Gasteiger partial charge in [-0.3, -0.25) is 0 Å². The molecule has 0 aliphatic heterocycles. The van der Waals surface area contributed by atoms with Crippen LogP contribution in [0.15, 0.2) is 54.9 Å². The van der Waals surface area contributed by atoms with Crippen LogP contribution in [-0.4, -0.2) is 14.8 Å². The first-order valence-corrected chi connectivity index (χ1v) is 6.07. The van der Waals surface area contributed by atoms with Crippen molar-refractivity contribution >= 4 is 5.69 Å². The number of pyridine rings is 1. The Morgan fingerprint density at radius 1 is 1.11 bits per heavy atom. The van der Waals surface area contributed by atoms with Crippen molar-refractivity contribution in [3.8, 4) is 17.1 Å². The molecule has 0 saturated carbocycles. The third kappa shape index (κ3) is 2.20. The van der Waals surface area contributed by atoms with E-state index in [1.165, 1.54) is 5.56 Å². The Balaban J connectivity index is 2.08. The zero-order valence-electron chi connectivity index (χ0n) is 10.6. The van der Waals surface area contributed by atoms with Crippen molar-refractivity contribution in [2.45, 2.75) is 6.92 Å². The van der Waals surface area contributed by atoms with Gasteiger partial charge >= 0.3 is 0 Å². The SMILES string of the molecule is Cc1cccc(-c2nn(-c3ccccn3)cc2N)c1. The van der Waals surface area contributed by atoms with Crippen LogP contribution in [0.5, 0.6) is 0 Å². The van der Waals surface area contributed by atoms with Gasteiger partial charge < -0.3 is 5.73 Å². The number of anilines is 1. The highest BCUT2D eigenvalue weighted by molar-refractivity contribution is 5.72. The number of hydrogen-bond acceptors (Lipinski definition) is 3. The molecule has 4 nitrogen and oxygen atoms in total. The molecule has 0 spiro atoms. The molecule has 0 bridgehead atoms. The number of aryl methyl sites for hydroxylation is 1. The summed E-state index contributed by atoms with van der Waals surface area (Å²) in [5.41, 5.74) is 9.69. The van der Waals surface area contributed by atoms with Gasteiger partial charge in [0.1, 0.15) is 5.69 Å². The van der Waals surface area contributed by atoms with Crippen molar-refractivity contribution in [1.82, 2.24) is 14.8 Å². The Bertz CT molecular complexity index is 701. The number of nitrogen functional groups attached to an aromatic ring is 1. The number of hydrogen-bond donors (Lipinski definition) is 1. The van der Waals surface area contributed by atoms with Crippen LogP contribution < -0.4 is 5.73 Å². The molecule has 2 heterocycles. The second kappa shape index (κ2) is 4.57. The van der Waals surface area contributed by atoms with Crippen LogP contribution >= 0.6 is 0 Å². The fourth-order valence-electron chi connectivity index (χ4n) is 2.01. The first-order valence-electron chi connectivity index (χ1n) is 6.07. The van der Waals surface area contributed by atoms with Gasteiger partial charge in [-0.15, -0.1) is 0 Å². The second-order valence-electron chi connectivity index (χ2n) is 4.44. The maximum Gasteiger partial charge on any atom is 0.153 e. The highest BCUT2D eigenvalue weighted by Gasteiger charge is 2.10. The molecule has 3 aromatic rings. The Kier molecular flexibility index (Phi) is 2.76. The van der Waals surface area contributed by atoms with Crippen molar-refractivity contribution in [2.75, 3.05) is 5.73 Å². The van der Waals surface area contributed by atoms with E-state index >= 15 is 0 Å². The number of nitrogens with zero attached hydrogens (tertiary/aromatic N) is 3. The van der Waals surface area contributed by atoms with Crippen molar-refractivity contribution in [3.05, 3.63) is 60.4 Å². The highest BCUT2D eigenvalue weighted by atomic mass is 15.3. The minimum absolute atomic E-state index is 0.649. The molecule has 94 valence electrons. The van der Waals surface area contributed by atoms with Gasteiger partial charge in [-0.05, 0) is 25.1 Å². The lowest BCUT2D eigenvalue weighted by molar-refractivity contribution is 0.850. The van der Waals surface area contributed by atoms with Gasteiger partial charge in [-0.25, -0.2) is 9.67 Å². The Labute approximate surface area is 111 Å². The lowest BCUT2D eigenvalue weighted by Crippen LogP contribution is -1.97. The summed E-state index contributed by atoms with van der Waals surface area (Å²) < 4.78 is 1.70. The standard InChI is InChI=1S/C15H14N4/c1-11-5-4-6-12(9-11)15-13(16)10-19(18-15)14-7-2-3-8-17-14/h2-10H,16H2,1H3. The molecule has 0 aliphatic carbocycles. The van der Waals surface area contributed by atoms with Crippen molar-refractivity contribution in [3.63, 3.8) is 0 Å². The van der Waals surface area contributed by atoms with Crippen molar-refractivity contribution in [2.24, 2.45) is 0 Å². The molecule has 0 radical (unpaired) electrons. The smallest absolute Gasteiger partial charge is 0.153 e. The highest BCUT2D eigenvalue weighted by Crippen LogP contribution is 2.25. The van der Waals surface area contributed by atoms with Crippen LogP contribution in [0, 0.1) is 6.92 Å². The van der Waals surface area contributed by atoms with E-state index in [0.717, 1.165) is 17.1 Å². The average Bonchev–Trinajstić information content (AvgIpc) is 2.82. The molecular formula is C15H14N4. The number of rotatable bonds is 2. The van der Waals surface area contributed by atoms with E-state index in [0.29, 0.717) is 5.69 Å². The first-order chi connectivity index (χ1) is 9.24. The summed E-state index contributed by atoms with van der Waals surface area (Å²) in [4.78, 5) is 4.26. The molecule has 3 rings (SSSR count). The summed E-state index contributed by atoms with van der Waals surface area (Å²) in [6, 6.07) is 13.8. The van der Waals surface area contributed by atoms with E-state index in [4.69, 9.17) is 5.73 Å². The topological polar surface area (TPSA) is 56.7 Å². The van der Waals surface area contributed by atoms with E-state index in [1.54, 1.807) is 17.1 Å². The fourth-order valence-corrected chi connectivity index (χ4v) is 2.01. The second-order valence-corrected chi connectivity index (χ2v) is 4.44. The Morgan fingerprint density at radius 3 is 2.74 bits per heavy atom. The van der Waals surface area contributed by atoms with Gasteiger partial charge in [0.05, 0.1) is 11.9 Å². The van der Waals surface area contributed by atoms with E-state index in [2.05, 4.69) is 29.1 Å². The third-order valence-electron chi connectivity index (χ3n) is 2.92. The number of nitrogens with two attached hydrogens (primary N) is 1. The third-order valence-corrected chi connectivity index (χ3v) is 2.92. The molecule has 0 unspecified atom stereocenters. The number of benzene rings is 1. The zero-order chi connectivity index (χ0) is 13.2. The minimum Gasteiger partial charge on any atom is -0.396 e. The predicted octanol–water partition coefficient (Wildman–Crippen LogP) is 2.82. The molecule has 0 saturated heterocycles. The van der Waals surface area contributed by atoms with Crippen LogP contribution in [0.2, 0.25) is 0 Å². The average molecular weight is 250 g/mol. The summed E-state index contributed by atoms with van der Waals surface area (Å²) in [5, 5.41) is 4.52. The van der Waals surface area contributed by atoms with Gasteiger partial charge in [0.15, 0.2) is 5.82 Å². The molecule has 0 amide bonds. The van der Waals surface area contributed by atoms with Gasteiger partial charge in [0, 0.05) is 11.8 Å². The van der Waals surface area contributed by atoms with E-state index in [-0.39, 0.29) is 0 Å². The largest absolute Gasteiger partial charge is 0.396 e. The van der Waals surface area contributed by atoms with Crippen LogP contribution in [0.1, 0.15) is 5.56 Å². The van der Waals surface area contributed by atoms with Crippen molar-refractivity contribution in [1.29, 1.82) is 0 Å². The molecule has 0 atom stereocenters. The summed E-state index contributed by atoms with van der Waals surface area (Å²) in [7, 11) is 0. The van der Waals surface area contributed by atoms with Gasteiger partial charge in [-0.2, -0.15) is 5.10 Å². The van der Waals surface area contributed by atoms with Gasteiger partial charge in [0.25, 0.3) is 0 Å². The molecule has 0 aliphatic rings. The quantitative estimate of drug-likeness (QED) is 0.760. The van der Waals surface area contributed by atoms with Crippen LogP contribution in [0.3, 0.4) is 0 Å². The van der Waals surface area contributed by atoms with Gasteiger partial charge in [-0.1, -0.05) is 29.8 Å². The summed E-state index contributed by atoms with van der Waals surface area (Å²) in [5.74, 6) is 0.758. The van der Waals surface area contributed by atoms with E-state index in [9.17, 15) is 0 Å². The number of aromatic nitrogens is 3. The molecule has 1 aromatic carbocycles. The maximum atomic E-state index is 6.05. The van der Waals surface area contributed by atoms with E-state index in [1.807, 2.05) is 30.3 Å². The normalized spacial score (nSPS) is 10.6. The van der Waals surface area contributed by atoms with Crippen LogP contribution in [-0.2, 0) is 0 Å². The minimum atomic E-state index is 0.649. The first kappa shape index (κ1) is 11.5. The summed E-state index contributed by atoms with van der Waals surface area (Å²) in [6.07, 6.45) is 3.53. The van der Waals surface area contributed by atoms with Crippen molar-refractivity contribution < 1.29 is 0 Å². The Hall–Kier alpha value is -2.62. The lowest BCUT2D eigenvalue weighted by Gasteiger charge is -2.00. The molecule has 2 aromatic heterocycles. The molecule has 4 heteroatoms. The summed E-state index contributed by atoms with van der Waals surface area (Å²) >= 11 is 0. The zero-order valence-corrected chi connectivity index (χ0v) is 10.6. The van der Waals surface area contributed by atoms with Crippen LogP contribution in [0.25, 0.3) is 17.1 Å². The van der Waals surface area contributed by atoms with Gasteiger partial charge in [0.2, 0.25) is 0 Å². The Morgan fingerprint density at radius 2 is 2.00 bits per heavy atom. The maximum absolute atomic E-state index is 6.05. The molecule has 2 N–H and O–H groups in total. The molecular weight excluding hydrogens is 236 g/mol. The molecule has 19 heavy (non-hydrogen) atoms. The predicted molar refractivity (Wildman–Crippen MR) is 75.9 cm³/mol. The monoisotopic (exact) mass is 250 g/mol.